The highest BCUT2D eigenvalue weighted by Crippen LogP contribution is 2.48. The number of aliphatic hydroxyl groups excluding tert-OH is 3. The summed E-state index contributed by atoms with van der Waals surface area (Å²) in [6.07, 6.45) is -5.62. The number of carbonyl (C=O) groups is 2. The lowest BCUT2D eigenvalue weighted by atomic mass is 10.0. The Bertz CT molecular complexity index is 777. The van der Waals surface area contributed by atoms with Crippen molar-refractivity contribution in [3.8, 4) is 0 Å². The molecule has 1 saturated heterocycles. The second kappa shape index (κ2) is 7.52. The summed E-state index contributed by atoms with van der Waals surface area (Å²) >= 11 is 0. The molecule has 0 radical (unpaired) electrons. The Morgan fingerprint density at radius 1 is 1.22 bits per heavy atom. The topological polar surface area (TPSA) is 257 Å². The van der Waals surface area contributed by atoms with Gasteiger partial charge in [-0.05, 0) is 0 Å². The number of aromatic nitrogens is 2. The Labute approximate surface area is 150 Å². The zero-order valence-electron chi connectivity index (χ0n) is 13.4. The number of nitrogen functional groups attached to an aromatic ring is 1. The number of nitrogens with zero attached hydrogens (tertiary/aromatic N) is 1. The van der Waals surface area contributed by atoms with Crippen molar-refractivity contribution in [1.29, 1.82) is 0 Å². The quantitative estimate of drug-likeness (QED) is 0.202. The van der Waals surface area contributed by atoms with Gasteiger partial charge in [0, 0.05) is 0 Å². The number of ether oxygens (including phenoxy) is 1. The molecule has 14 nitrogen and oxygen atoms in total. The average molecular weight is 411 g/mol. The van der Waals surface area contributed by atoms with Crippen molar-refractivity contribution in [2.24, 2.45) is 0 Å². The number of nitrogens with two attached hydrogens (primary N) is 1. The molecule has 0 aromatic carbocycles. The highest BCUT2D eigenvalue weighted by Gasteiger charge is 2.50. The van der Waals surface area contributed by atoms with Gasteiger partial charge in [0.05, 0.1) is 12.3 Å². The molecule has 27 heavy (non-hydrogen) atoms. The van der Waals surface area contributed by atoms with Crippen molar-refractivity contribution in [2.45, 2.75) is 36.0 Å². The molecule has 1 aliphatic heterocycles. The summed E-state index contributed by atoms with van der Waals surface area (Å²) in [6.45, 7) is -0.646. The van der Waals surface area contributed by atoms with Crippen molar-refractivity contribution >= 4 is 25.4 Å². The van der Waals surface area contributed by atoms with Crippen molar-refractivity contribution < 1.29 is 54.2 Å². The van der Waals surface area contributed by atoms with E-state index in [2.05, 4.69) is 9.97 Å². The van der Waals surface area contributed by atoms with Crippen LogP contribution in [0, 0.1) is 0 Å². The van der Waals surface area contributed by atoms with Crippen LogP contribution in [-0.4, -0.2) is 87.8 Å². The number of rotatable bonds is 7. The molecule has 1 aliphatic rings. The van der Waals surface area contributed by atoms with Gasteiger partial charge in [0.1, 0.15) is 42.0 Å². The number of hydrogen-bond acceptors (Lipinski definition) is 9. The summed E-state index contributed by atoms with van der Waals surface area (Å²) in [6, 6.07) is 0. The molecule has 2 rings (SSSR count). The number of imidazole rings is 1. The number of carboxylic acids is 2. The summed E-state index contributed by atoms with van der Waals surface area (Å²) in [5.74, 6) is -7.40. The van der Waals surface area contributed by atoms with Crippen molar-refractivity contribution in [1.82, 2.24) is 9.97 Å². The minimum Gasteiger partial charge on any atom is -0.481 e. The van der Waals surface area contributed by atoms with E-state index >= 15 is 0 Å². The Kier molecular flexibility index (Phi) is 5.91. The number of aliphatic hydroxyl groups is 3. The van der Waals surface area contributed by atoms with Gasteiger partial charge in [-0.3, -0.25) is 14.2 Å². The monoisotopic (exact) mass is 411 g/mol. The summed E-state index contributed by atoms with van der Waals surface area (Å²) < 4.78 is 16.7. The molecule has 0 aliphatic carbocycles. The van der Waals surface area contributed by atoms with Gasteiger partial charge in [0.25, 0.3) is 0 Å². The normalized spacial score (nSPS) is 28.0. The third-order valence-corrected chi connectivity index (χ3v) is 5.34. The first kappa shape index (κ1) is 21.2. The Morgan fingerprint density at radius 2 is 1.81 bits per heavy atom. The Balaban J connectivity index is 2.47. The maximum Gasteiger partial charge on any atom is 0.341 e. The van der Waals surface area contributed by atoms with Crippen molar-refractivity contribution in [3.63, 3.8) is 0 Å². The van der Waals surface area contributed by atoms with E-state index in [-0.39, 0.29) is 5.69 Å². The van der Waals surface area contributed by atoms with Crippen LogP contribution < -0.4 is 5.73 Å². The lowest BCUT2D eigenvalue weighted by molar-refractivity contribution is -0.145. The summed E-state index contributed by atoms with van der Waals surface area (Å²) in [5, 5.41) is 47.2. The Morgan fingerprint density at radius 3 is 2.22 bits per heavy atom. The van der Waals surface area contributed by atoms with E-state index < -0.39 is 73.8 Å². The third-order valence-electron chi connectivity index (χ3n) is 4.10. The number of carboxylic acid groups (broad SMARTS) is 2. The van der Waals surface area contributed by atoms with Gasteiger partial charge < -0.3 is 50.8 Å². The molecule has 0 bridgehead atoms. The predicted molar refractivity (Wildman–Crippen MR) is 83.6 cm³/mol. The maximum absolute atomic E-state index is 11.5. The third kappa shape index (κ3) is 3.96. The second-order valence-electron chi connectivity index (χ2n) is 5.87. The minimum atomic E-state index is -5.41. The molecule has 0 spiro atoms. The zero-order chi connectivity index (χ0) is 20.7. The summed E-state index contributed by atoms with van der Waals surface area (Å²) in [5.41, 5.74) is 2.73. The number of nitrogens with one attached hydrogen (secondary N) is 1. The molecule has 1 aromatic heterocycles. The van der Waals surface area contributed by atoms with Crippen LogP contribution in [0.2, 0.25) is 0 Å². The molecule has 6 atom stereocenters. The molecule has 15 heteroatoms. The fourth-order valence-electron chi connectivity index (χ4n) is 2.80. The van der Waals surface area contributed by atoms with E-state index in [1.165, 1.54) is 0 Å². The fraction of sp³-hybridized carbons (Fsp3) is 0.583. The maximum atomic E-state index is 11.5. The molecular formula is C12H18N3O11P. The largest absolute Gasteiger partial charge is 0.481 e. The fourth-order valence-corrected chi connectivity index (χ4v) is 3.75. The number of anilines is 1. The highest BCUT2D eigenvalue weighted by atomic mass is 31.2. The molecule has 0 saturated carbocycles. The standard InChI is InChI=1S/C12H18N3O11P/c13-9-4(7-6(18)5(17)2(1-16)26-7)14-10(15-9)3(11(19)20)8(12(21)22)27(23,24)25/h2-3,5-8,16-18H,1,13H2,(H,14,15)(H,19,20)(H,21,22)(H2,23,24,25)/t2-,3?,5-,6-,7?,8?/m1/s1. The van der Waals surface area contributed by atoms with E-state index in [4.69, 9.17) is 20.7 Å². The number of aromatic amines is 1. The molecule has 10 N–H and O–H groups in total. The molecule has 1 aromatic rings. The van der Waals surface area contributed by atoms with Gasteiger partial charge in [0.2, 0.25) is 0 Å². The number of aliphatic carboxylic acids is 2. The van der Waals surface area contributed by atoms with E-state index in [0.29, 0.717) is 0 Å². The molecule has 2 heterocycles. The van der Waals surface area contributed by atoms with Crippen LogP contribution in [0.1, 0.15) is 23.5 Å². The van der Waals surface area contributed by atoms with Crippen LogP contribution in [0.5, 0.6) is 0 Å². The second-order valence-corrected chi connectivity index (χ2v) is 7.60. The molecule has 152 valence electrons. The van der Waals surface area contributed by atoms with Gasteiger partial charge in [-0.2, -0.15) is 0 Å². The van der Waals surface area contributed by atoms with Crippen LogP contribution in [-0.2, 0) is 18.9 Å². The minimum absolute atomic E-state index is 0.242. The van der Waals surface area contributed by atoms with Gasteiger partial charge in [-0.25, -0.2) is 4.98 Å². The lowest BCUT2D eigenvalue weighted by Gasteiger charge is -2.19. The first-order valence-corrected chi connectivity index (χ1v) is 9.06. The molecule has 1 fully saturated rings. The van der Waals surface area contributed by atoms with E-state index in [9.17, 15) is 39.3 Å². The molecule has 0 amide bonds. The Hall–Kier alpha value is -2.06. The average Bonchev–Trinajstić information content (AvgIpc) is 3.04. The van der Waals surface area contributed by atoms with Crippen molar-refractivity contribution in [2.75, 3.05) is 12.3 Å². The SMILES string of the molecule is Nc1nc(C(C(=O)O)C(C(=O)O)P(=O)(O)O)[nH]c1C1O[C@H](CO)[C@@H](O)[C@H]1O. The highest BCUT2D eigenvalue weighted by molar-refractivity contribution is 7.53. The van der Waals surface area contributed by atoms with Crippen LogP contribution in [0.15, 0.2) is 0 Å². The molecule has 3 unspecified atom stereocenters. The van der Waals surface area contributed by atoms with Gasteiger partial charge in [-0.1, -0.05) is 0 Å². The number of hydrogen-bond donors (Lipinski definition) is 9. The predicted octanol–water partition coefficient (Wildman–Crippen LogP) is -3.05. The van der Waals surface area contributed by atoms with Gasteiger partial charge >= 0.3 is 19.5 Å². The van der Waals surface area contributed by atoms with E-state index in [1.54, 1.807) is 0 Å². The van der Waals surface area contributed by atoms with E-state index in [1.807, 2.05) is 0 Å². The van der Waals surface area contributed by atoms with Gasteiger partial charge in [0.15, 0.2) is 5.66 Å². The van der Waals surface area contributed by atoms with Crippen LogP contribution in [0.25, 0.3) is 0 Å². The summed E-state index contributed by atoms with van der Waals surface area (Å²) in [4.78, 5) is 47.1. The lowest BCUT2D eigenvalue weighted by Crippen LogP contribution is -2.34. The first-order valence-electron chi connectivity index (χ1n) is 7.38. The van der Waals surface area contributed by atoms with Crippen LogP contribution >= 0.6 is 7.60 Å². The van der Waals surface area contributed by atoms with Crippen LogP contribution in [0.3, 0.4) is 0 Å². The van der Waals surface area contributed by atoms with E-state index in [0.717, 1.165) is 0 Å². The summed E-state index contributed by atoms with van der Waals surface area (Å²) in [7, 11) is -5.41. The molecular weight excluding hydrogens is 393 g/mol. The van der Waals surface area contributed by atoms with Crippen molar-refractivity contribution in [3.05, 3.63) is 11.5 Å². The first-order chi connectivity index (χ1) is 12.4. The number of H-pyrrole nitrogens is 1. The van der Waals surface area contributed by atoms with Crippen LogP contribution in [0.4, 0.5) is 5.82 Å². The zero-order valence-corrected chi connectivity index (χ0v) is 14.3. The van der Waals surface area contributed by atoms with Gasteiger partial charge in [-0.15, -0.1) is 0 Å². The smallest absolute Gasteiger partial charge is 0.341 e.